The molecule has 0 unspecified atom stereocenters. The molecule has 1 N–H and O–H groups in total. The Balaban J connectivity index is 1.71. The van der Waals surface area contributed by atoms with Gasteiger partial charge < -0.3 is 5.32 Å². The first-order chi connectivity index (χ1) is 13.8. The molecule has 0 aliphatic heterocycles. The van der Waals surface area contributed by atoms with E-state index in [1.807, 2.05) is 6.26 Å². The van der Waals surface area contributed by atoms with Crippen LogP contribution in [0.3, 0.4) is 0 Å². The predicted molar refractivity (Wildman–Crippen MR) is 114 cm³/mol. The highest BCUT2D eigenvalue weighted by Gasteiger charge is 2.23. The highest BCUT2D eigenvalue weighted by Crippen LogP contribution is 2.20. The van der Waals surface area contributed by atoms with Gasteiger partial charge in [0.1, 0.15) is 0 Å². The number of rotatable bonds is 7. The van der Waals surface area contributed by atoms with E-state index in [1.165, 1.54) is 30.9 Å². The summed E-state index contributed by atoms with van der Waals surface area (Å²) in [4.78, 5) is 12.5. The number of nitrogens with one attached hydrogen (secondary N) is 1. The lowest BCUT2D eigenvalue weighted by atomic mass is 10.3. The molecule has 3 aromatic rings. The molecule has 0 spiro atoms. The second-order valence-corrected chi connectivity index (χ2v) is 9.62. The number of nitrogens with zero attached hydrogens (tertiary/aromatic N) is 5. The van der Waals surface area contributed by atoms with Gasteiger partial charge in [-0.05, 0) is 59.1 Å². The molecule has 0 aliphatic rings. The summed E-state index contributed by atoms with van der Waals surface area (Å²) in [6.07, 6.45) is 1.86. The number of hydrogen-bond acceptors (Lipinski definition) is 7. The maximum Gasteiger partial charge on any atom is 0.243 e. The monoisotopic (exact) mass is 496 g/mol. The summed E-state index contributed by atoms with van der Waals surface area (Å²) in [7, 11) is -2.42. The SMILES string of the molecule is CSc1nnnn1-c1cccc(NC(=O)CN(C)S(=O)(=O)c2ccc(Br)cc2)c1. The van der Waals surface area contributed by atoms with E-state index >= 15 is 0 Å². The quantitative estimate of drug-likeness (QED) is 0.500. The molecule has 152 valence electrons. The lowest BCUT2D eigenvalue weighted by Crippen LogP contribution is -2.34. The highest BCUT2D eigenvalue weighted by molar-refractivity contribution is 9.10. The van der Waals surface area contributed by atoms with Crippen LogP contribution in [0, 0.1) is 0 Å². The van der Waals surface area contributed by atoms with Gasteiger partial charge in [0.05, 0.1) is 17.1 Å². The van der Waals surface area contributed by atoms with E-state index in [4.69, 9.17) is 0 Å². The van der Waals surface area contributed by atoms with Gasteiger partial charge >= 0.3 is 0 Å². The Morgan fingerprint density at radius 2 is 1.97 bits per heavy atom. The molecule has 1 aromatic heterocycles. The minimum Gasteiger partial charge on any atom is -0.325 e. The van der Waals surface area contributed by atoms with Crippen molar-refractivity contribution in [3.63, 3.8) is 0 Å². The maximum absolute atomic E-state index is 12.6. The first-order valence-corrected chi connectivity index (χ1v) is 11.7. The minimum absolute atomic E-state index is 0.112. The summed E-state index contributed by atoms with van der Waals surface area (Å²) in [6.45, 7) is -0.330. The summed E-state index contributed by atoms with van der Waals surface area (Å²) < 4.78 is 28.5. The number of sulfonamides is 1. The van der Waals surface area contributed by atoms with Crippen LogP contribution in [-0.2, 0) is 14.8 Å². The third-order valence-corrected chi connectivity index (χ3v) is 6.85. The minimum atomic E-state index is -3.78. The second-order valence-electron chi connectivity index (χ2n) is 5.89. The van der Waals surface area contributed by atoms with Gasteiger partial charge in [0, 0.05) is 17.2 Å². The van der Waals surface area contributed by atoms with Crippen LogP contribution in [-0.4, -0.2) is 58.7 Å². The van der Waals surface area contributed by atoms with E-state index < -0.39 is 15.9 Å². The zero-order valence-electron chi connectivity index (χ0n) is 15.5. The number of aromatic nitrogens is 4. The van der Waals surface area contributed by atoms with Crippen molar-refractivity contribution in [2.24, 2.45) is 0 Å². The van der Waals surface area contributed by atoms with E-state index in [0.717, 1.165) is 8.78 Å². The molecule has 0 radical (unpaired) electrons. The molecule has 29 heavy (non-hydrogen) atoms. The van der Waals surface area contributed by atoms with Gasteiger partial charge in [0.25, 0.3) is 0 Å². The van der Waals surface area contributed by atoms with Crippen molar-refractivity contribution in [2.45, 2.75) is 10.1 Å². The molecule has 0 saturated heterocycles. The third-order valence-electron chi connectivity index (χ3n) is 3.89. The van der Waals surface area contributed by atoms with Crippen LogP contribution < -0.4 is 5.32 Å². The molecule has 3 rings (SSSR count). The smallest absolute Gasteiger partial charge is 0.243 e. The largest absolute Gasteiger partial charge is 0.325 e. The molecule has 1 heterocycles. The topological polar surface area (TPSA) is 110 Å². The van der Waals surface area contributed by atoms with Crippen LogP contribution in [0.5, 0.6) is 0 Å². The Hall–Kier alpha value is -2.28. The average molecular weight is 497 g/mol. The molecule has 1 amide bonds. The number of likely N-dealkylation sites (N-methyl/N-ethyl adjacent to an activating group) is 1. The van der Waals surface area contributed by atoms with Gasteiger partial charge in [-0.15, -0.1) is 5.10 Å². The highest BCUT2D eigenvalue weighted by atomic mass is 79.9. The molecular formula is C17H17BrN6O3S2. The van der Waals surface area contributed by atoms with Crippen LogP contribution in [0.2, 0.25) is 0 Å². The fraction of sp³-hybridized carbons (Fsp3) is 0.176. The summed E-state index contributed by atoms with van der Waals surface area (Å²) in [6, 6.07) is 13.2. The first-order valence-electron chi connectivity index (χ1n) is 8.26. The second kappa shape index (κ2) is 9.03. The van der Waals surface area contributed by atoms with Crippen molar-refractivity contribution < 1.29 is 13.2 Å². The zero-order valence-corrected chi connectivity index (χ0v) is 18.7. The molecule has 0 saturated carbocycles. The lowest BCUT2D eigenvalue weighted by molar-refractivity contribution is -0.116. The summed E-state index contributed by atoms with van der Waals surface area (Å²) >= 11 is 4.66. The standard InChI is InChI=1S/C17H17BrN6O3S2/c1-23(29(26,27)15-8-6-12(18)7-9-15)11-16(25)19-13-4-3-5-14(10-13)24-17(28-2)20-21-22-24/h3-10H,11H2,1-2H3,(H,19,25). The van der Waals surface area contributed by atoms with Gasteiger partial charge in [-0.25, -0.2) is 8.42 Å². The fourth-order valence-electron chi connectivity index (χ4n) is 2.46. The van der Waals surface area contributed by atoms with E-state index in [2.05, 4.69) is 36.8 Å². The van der Waals surface area contributed by atoms with Gasteiger partial charge in [0.15, 0.2) is 0 Å². The number of hydrogen-bond donors (Lipinski definition) is 1. The summed E-state index contributed by atoms with van der Waals surface area (Å²) in [5.41, 5.74) is 1.18. The summed E-state index contributed by atoms with van der Waals surface area (Å²) in [5, 5.41) is 14.8. The van der Waals surface area contributed by atoms with Gasteiger partial charge in [-0.3, -0.25) is 4.79 Å². The molecule has 0 fully saturated rings. The number of anilines is 1. The average Bonchev–Trinajstić information content (AvgIpc) is 3.17. The third kappa shape index (κ3) is 5.01. The van der Waals surface area contributed by atoms with Crippen LogP contribution in [0.1, 0.15) is 0 Å². The number of carbonyl (C=O) groups is 1. The van der Waals surface area contributed by atoms with E-state index in [1.54, 1.807) is 41.1 Å². The molecular weight excluding hydrogens is 480 g/mol. The van der Waals surface area contributed by atoms with Gasteiger partial charge in [-0.2, -0.15) is 8.99 Å². The molecule has 0 bridgehead atoms. The number of amides is 1. The van der Waals surface area contributed by atoms with E-state index in [9.17, 15) is 13.2 Å². The first kappa shape index (κ1) is 21.4. The molecule has 0 aliphatic carbocycles. The normalized spacial score (nSPS) is 11.6. The van der Waals surface area contributed by atoms with Crippen molar-refractivity contribution in [3.05, 3.63) is 53.0 Å². The predicted octanol–water partition coefficient (Wildman–Crippen LogP) is 2.41. The van der Waals surface area contributed by atoms with Crippen LogP contribution >= 0.6 is 27.7 Å². The lowest BCUT2D eigenvalue weighted by Gasteiger charge is -2.17. The molecule has 9 nitrogen and oxygen atoms in total. The van der Waals surface area contributed by atoms with Crippen molar-refractivity contribution in [3.8, 4) is 5.69 Å². The summed E-state index contributed by atoms with van der Waals surface area (Å²) in [5.74, 6) is -0.466. The van der Waals surface area contributed by atoms with E-state index in [-0.39, 0.29) is 11.4 Å². The number of benzene rings is 2. The van der Waals surface area contributed by atoms with Crippen LogP contribution in [0.4, 0.5) is 5.69 Å². The van der Waals surface area contributed by atoms with E-state index in [0.29, 0.717) is 16.5 Å². The number of halogens is 1. The maximum atomic E-state index is 12.6. The number of carbonyl (C=O) groups excluding carboxylic acids is 1. The number of thioether (sulfide) groups is 1. The van der Waals surface area contributed by atoms with Crippen molar-refractivity contribution in [1.82, 2.24) is 24.5 Å². The Labute approximate surface area is 180 Å². The van der Waals surface area contributed by atoms with Gasteiger partial charge in [0.2, 0.25) is 21.1 Å². The van der Waals surface area contributed by atoms with Crippen molar-refractivity contribution in [1.29, 1.82) is 0 Å². The Morgan fingerprint density at radius 1 is 1.24 bits per heavy atom. The van der Waals surface area contributed by atoms with Gasteiger partial charge in [-0.1, -0.05) is 33.8 Å². The molecule has 0 atom stereocenters. The fourth-order valence-corrected chi connectivity index (χ4v) is 4.28. The van der Waals surface area contributed by atoms with Crippen molar-refractivity contribution in [2.75, 3.05) is 25.2 Å². The Bertz CT molecular complexity index is 1120. The molecule has 2 aromatic carbocycles. The Kier molecular flexibility index (Phi) is 6.67. The van der Waals surface area contributed by atoms with Crippen molar-refractivity contribution >= 4 is 49.3 Å². The number of tetrazole rings is 1. The molecule has 12 heteroatoms. The van der Waals surface area contributed by atoms with Crippen LogP contribution in [0.25, 0.3) is 5.69 Å². The van der Waals surface area contributed by atoms with Crippen LogP contribution in [0.15, 0.2) is 63.1 Å². The zero-order chi connectivity index (χ0) is 21.0. The Morgan fingerprint density at radius 3 is 2.66 bits per heavy atom.